The van der Waals surface area contributed by atoms with Crippen molar-refractivity contribution in [2.24, 2.45) is 10.9 Å². The van der Waals surface area contributed by atoms with Crippen LogP contribution >= 0.6 is 11.3 Å². The lowest BCUT2D eigenvalue weighted by atomic mass is 10.3. The Bertz CT molecular complexity index is 417. The van der Waals surface area contributed by atoms with E-state index in [2.05, 4.69) is 26.9 Å². The standard InChI is InChI=1S/C11H19N5OS/c1-8-9(2)18-11(13-8)16-5-3-15(4-6-16)7-10(12)14-17/h17H,3-7H2,1-2H3,(H2,12,14). The summed E-state index contributed by atoms with van der Waals surface area (Å²) in [6, 6.07) is 0. The maximum atomic E-state index is 8.55. The predicted molar refractivity (Wildman–Crippen MR) is 73.6 cm³/mol. The molecule has 0 saturated carbocycles. The van der Waals surface area contributed by atoms with Crippen LogP contribution in [0.4, 0.5) is 5.13 Å². The van der Waals surface area contributed by atoms with Gasteiger partial charge in [-0.3, -0.25) is 4.90 Å². The van der Waals surface area contributed by atoms with Gasteiger partial charge in [-0.1, -0.05) is 5.16 Å². The fraction of sp³-hybridized carbons (Fsp3) is 0.636. The van der Waals surface area contributed by atoms with Gasteiger partial charge in [0.05, 0.1) is 12.2 Å². The zero-order chi connectivity index (χ0) is 13.1. The monoisotopic (exact) mass is 269 g/mol. The van der Waals surface area contributed by atoms with Gasteiger partial charge in [0.25, 0.3) is 0 Å². The van der Waals surface area contributed by atoms with Crippen molar-refractivity contribution < 1.29 is 5.21 Å². The number of nitrogens with zero attached hydrogens (tertiary/aromatic N) is 4. The van der Waals surface area contributed by atoms with Gasteiger partial charge < -0.3 is 15.8 Å². The Labute approximate surface area is 111 Å². The van der Waals surface area contributed by atoms with E-state index in [9.17, 15) is 0 Å². The first-order valence-corrected chi connectivity index (χ1v) is 6.79. The molecule has 100 valence electrons. The number of amidine groups is 1. The maximum absolute atomic E-state index is 8.55. The second-order valence-corrected chi connectivity index (χ2v) is 5.67. The molecule has 1 aromatic rings. The Balaban J connectivity index is 1.90. The largest absolute Gasteiger partial charge is 0.409 e. The van der Waals surface area contributed by atoms with E-state index in [0.717, 1.165) is 37.0 Å². The molecule has 18 heavy (non-hydrogen) atoms. The van der Waals surface area contributed by atoms with Crippen molar-refractivity contribution in [1.29, 1.82) is 0 Å². The number of oxime groups is 1. The molecule has 2 heterocycles. The molecule has 0 aliphatic carbocycles. The average Bonchev–Trinajstić information content (AvgIpc) is 2.70. The topological polar surface area (TPSA) is 78.0 Å². The number of nitrogens with two attached hydrogens (primary N) is 1. The third-order valence-electron chi connectivity index (χ3n) is 3.17. The van der Waals surface area contributed by atoms with Crippen molar-refractivity contribution in [3.63, 3.8) is 0 Å². The third kappa shape index (κ3) is 2.91. The SMILES string of the molecule is Cc1nc(N2CCN(CC(N)=NO)CC2)sc1C. The van der Waals surface area contributed by atoms with E-state index < -0.39 is 0 Å². The molecule has 0 radical (unpaired) electrons. The Hall–Kier alpha value is -1.34. The summed E-state index contributed by atoms with van der Waals surface area (Å²) in [6.45, 7) is 8.37. The Morgan fingerprint density at radius 2 is 2.06 bits per heavy atom. The second kappa shape index (κ2) is 5.53. The van der Waals surface area contributed by atoms with Crippen LogP contribution in [0.1, 0.15) is 10.6 Å². The highest BCUT2D eigenvalue weighted by atomic mass is 32.1. The molecule has 1 aliphatic heterocycles. The highest BCUT2D eigenvalue weighted by Gasteiger charge is 2.20. The molecule has 3 N–H and O–H groups in total. The molecular formula is C11H19N5OS. The Morgan fingerprint density at radius 3 is 2.56 bits per heavy atom. The van der Waals surface area contributed by atoms with Crippen LogP contribution in [0.25, 0.3) is 0 Å². The number of hydrogen-bond donors (Lipinski definition) is 2. The van der Waals surface area contributed by atoms with E-state index in [1.54, 1.807) is 11.3 Å². The van der Waals surface area contributed by atoms with Gasteiger partial charge in [0.15, 0.2) is 11.0 Å². The predicted octanol–water partition coefficient (Wildman–Crippen LogP) is 0.628. The van der Waals surface area contributed by atoms with Gasteiger partial charge in [0.1, 0.15) is 0 Å². The number of rotatable bonds is 3. The van der Waals surface area contributed by atoms with Crippen LogP contribution in [0, 0.1) is 13.8 Å². The van der Waals surface area contributed by atoms with Gasteiger partial charge in [-0.2, -0.15) is 0 Å². The number of thiazole rings is 1. The van der Waals surface area contributed by atoms with Crippen LogP contribution in [-0.2, 0) is 0 Å². The minimum atomic E-state index is 0.268. The summed E-state index contributed by atoms with van der Waals surface area (Å²) in [7, 11) is 0. The number of anilines is 1. The lowest BCUT2D eigenvalue weighted by Gasteiger charge is -2.34. The summed E-state index contributed by atoms with van der Waals surface area (Å²) in [4.78, 5) is 10.3. The molecule has 7 heteroatoms. The molecule has 0 unspecified atom stereocenters. The fourth-order valence-corrected chi connectivity index (χ4v) is 2.91. The third-order valence-corrected chi connectivity index (χ3v) is 4.31. The van der Waals surface area contributed by atoms with Crippen molar-refractivity contribution in [2.45, 2.75) is 13.8 Å². The molecule has 1 aromatic heterocycles. The number of hydrogen-bond acceptors (Lipinski definition) is 6. The minimum absolute atomic E-state index is 0.268. The molecule has 6 nitrogen and oxygen atoms in total. The molecule has 0 atom stereocenters. The van der Waals surface area contributed by atoms with Gasteiger partial charge in [0.2, 0.25) is 0 Å². The number of aryl methyl sites for hydroxylation is 2. The maximum Gasteiger partial charge on any atom is 0.185 e. The van der Waals surface area contributed by atoms with Gasteiger partial charge in [-0.05, 0) is 13.8 Å². The lowest BCUT2D eigenvalue weighted by Crippen LogP contribution is -2.48. The molecule has 1 fully saturated rings. The van der Waals surface area contributed by atoms with Gasteiger partial charge in [-0.15, -0.1) is 11.3 Å². The number of piperazine rings is 1. The quantitative estimate of drug-likeness (QED) is 0.364. The fourth-order valence-electron chi connectivity index (χ4n) is 1.95. The first kappa shape index (κ1) is 13.1. The van der Waals surface area contributed by atoms with Crippen LogP contribution < -0.4 is 10.6 Å². The van der Waals surface area contributed by atoms with Crippen LogP contribution in [-0.4, -0.2) is 53.7 Å². The molecule has 0 spiro atoms. The zero-order valence-electron chi connectivity index (χ0n) is 10.8. The van der Waals surface area contributed by atoms with Crippen molar-refractivity contribution in [1.82, 2.24) is 9.88 Å². The lowest BCUT2D eigenvalue weighted by molar-refractivity contribution is 0.278. The van der Waals surface area contributed by atoms with Crippen molar-refractivity contribution in [2.75, 3.05) is 37.6 Å². The van der Waals surface area contributed by atoms with E-state index in [1.165, 1.54) is 4.88 Å². The Kier molecular flexibility index (Phi) is 4.03. The Morgan fingerprint density at radius 1 is 1.39 bits per heavy atom. The molecule has 0 bridgehead atoms. The van der Waals surface area contributed by atoms with E-state index in [4.69, 9.17) is 10.9 Å². The normalized spacial score (nSPS) is 18.3. The van der Waals surface area contributed by atoms with Crippen LogP contribution in [0.15, 0.2) is 5.16 Å². The van der Waals surface area contributed by atoms with Crippen molar-refractivity contribution in [3.8, 4) is 0 Å². The van der Waals surface area contributed by atoms with E-state index >= 15 is 0 Å². The van der Waals surface area contributed by atoms with Gasteiger partial charge in [-0.25, -0.2) is 4.98 Å². The summed E-state index contributed by atoms with van der Waals surface area (Å²) in [6.07, 6.45) is 0. The van der Waals surface area contributed by atoms with Crippen molar-refractivity contribution >= 4 is 22.3 Å². The van der Waals surface area contributed by atoms with Gasteiger partial charge in [0, 0.05) is 31.1 Å². The van der Waals surface area contributed by atoms with Crippen LogP contribution in [0.2, 0.25) is 0 Å². The van der Waals surface area contributed by atoms with E-state index in [0.29, 0.717) is 6.54 Å². The summed E-state index contributed by atoms with van der Waals surface area (Å²) >= 11 is 1.75. The van der Waals surface area contributed by atoms with Crippen molar-refractivity contribution in [3.05, 3.63) is 10.6 Å². The molecule has 0 aromatic carbocycles. The summed E-state index contributed by atoms with van der Waals surface area (Å²) < 4.78 is 0. The summed E-state index contributed by atoms with van der Waals surface area (Å²) in [5.74, 6) is 0.268. The minimum Gasteiger partial charge on any atom is -0.409 e. The van der Waals surface area contributed by atoms with Gasteiger partial charge >= 0.3 is 0 Å². The number of aromatic nitrogens is 1. The molecular weight excluding hydrogens is 250 g/mol. The van der Waals surface area contributed by atoms with E-state index in [-0.39, 0.29) is 5.84 Å². The summed E-state index contributed by atoms with van der Waals surface area (Å²) in [5, 5.41) is 12.7. The first-order valence-electron chi connectivity index (χ1n) is 5.98. The molecule has 2 rings (SSSR count). The summed E-state index contributed by atoms with van der Waals surface area (Å²) in [5.41, 5.74) is 6.63. The second-order valence-electron chi connectivity index (χ2n) is 4.49. The van der Waals surface area contributed by atoms with E-state index in [1.807, 2.05) is 6.92 Å². The van der Waals surface area contributed by atoms with Crippen LogP contribution in [0.3, 0.4) is 0 Å². The molecule has 1 saturated heterocycles. The van der Waals surface area contributed by atoms with Crippen LogP contribution in [0.5, 0.6) is 0 Å². The molecule has 0 amide bonds. The zero-order valence-corrected chi connectivity index (χ0v) is 11.6. The first-order chi connectivity index (χ1) is 8.60. The molecule has 1 aliphatic rings. The highest BCUT2D eigenvalue weighted by molar-refractivity contribution is 7.15. The highest BCUT2D eigenvalue weighted by Crippen LogP contribution is 2.25. The average molecular weight is 269 g/mol. The smallest absolute Gasteiger partial charge is 0.185 e.